The van der Waals surface area contributed by atoms with Gasteiger partial charge in [-0.25, -0.2) is 0 Å². The van der Waals surface area contributed by atoms with Crippen LogP contribution in [0.4, 0.5) is 8.78 Å². The predicted molar refractivity (Wildman–Crippen MR) is 77.5 cm³/mol. The van der Waals surface area contributed by atoms with Crippen LogP contribution < -0.4 is 8.92 Å². The van der Waals surface area contributed by atoms with Gasteiger partial charge < -0.3 is 0 Å². The van der Waals surface area contributed by atoms with Crippen LogP contribution in [0.1, 0.15) is 20.7 Å². The molecular weight excluding hydrogens is 428 g/mol. The Kier molecular flexibility index (Phi) is 5.32. The van der Waals surface area contributed by atoms with Gasteiger partial charge in [0.25, 0.3) is 0 Å². The van der Waals surface area contributed by atoms with Crippen molar-refractivity contribution < 1.29 is 28.6 Å². The van der Waals surface area contributed by atoms with Gasteiger partial charge in [-0.3, -0.25) is 0 Å². The summed E-state index contributed by atoms with van der Waals surface area (Å²) in [5, 5.41) is 18.1. The predicted octanol–water partition coefficient (Wildman–Crippen LogP) is 0.635. The van der Waals surface area contributed by atoms with Gasteiger partial charge in [-0.1, -0.05) is 0 Å². The Morgan fingerprint density at radius 3 is 1.45 bits per heavy atom. The first kappa shape index (κ1) is 16.6. The quantitative estimate of drug-likeness (QED) is 0.675. The number of carboxylic acids is 2. The van der Waals surface area contributed by atoms with E-state index in [2.05, 4.69) is 0 Å². The molecule has 2 N–H and O–H groups in total. The Morgan fingerprint density at radius 1 is 0.773 bits per heavy atom. The van der Waals surface area contributed by atoms with E-state index >= 15 is 0 Å². The fraction of sp³-hybridized carbons (Fsp3) is 0. The number of hydrogen-bond donors (Lipinski definition) is 2. The summed E-state index contributed by atoms with van der Waals surface area (Å²) >= 11 is -0.729. The maximum atomic E-state index is 13.1. The second-order valence-electron chi connectivity index (χ2n) is 4.06. The van der Waals surface area contributed by atoms with Crippen molar-refractivity contribution in [1.82, 2.24) is 0 Å². The van der Waals surface area contributed by atoms with Crippen molar-refractivity contribution in [1.29, 1.82) is 0 Å². The van der Waals surface area contributed by atoms with Crippen LogP contribution in [0.5, 0.6) is 0 Å². The molecule has 0 fully saturated rings. The molecule has 0 spiro atoms. The summed E-state index contributed by atoms with van der Waals surface area (Å²) in [6.07, 6.45) is 0. The molecule has 22 heavy (non-hydrogen) atoms. The number of benzene rings is 2. The molecule has 0 radical (unpaired) electrons. The second kappa shape index (κ2) is 7.03. The summed E-state index contributed by atoms with van der Waals surface area (Å²) in [5.74, 6) is -3.75. The van der Waals surface area contributed by atoms with Gasteiger partial charge in [0.15, 0.2) is 0 Å². The van der Waals surface area contributed by atoms with Gasteiger partial charge in [-0.15, -0.1) is 0 Å². The molecule has 0 aliphatic rings. The van der Waals surface area contributed by atoms with E-state index in [9.17, 15) is 18.4 Å². The standard InChI is InChI=1S/C14H8F2O4Se2/c15-7-1-3-11(9(5-7)13(17)18)21-22-12-4-2-8(16)6-10(12)14(19)20/h1-6H,(H,17,18)(H,19,20). The van der Waals surface area contributed by atoms with Crippen molar-refractivity contribution >= 4 is 47.1 Å². The van der Waals surface area contributed by atoms with E-state index in [1.54, 1.807) is 0 Å². The zero-order chi connectivity index (χ0) is 16.3. The van der Waals surface area contributed by atoms with Gasteiger partial charge in [-0.2, -0.15) is 0 Å². The minimum absolute atomic E-state index is 0.124. The van der Waals surface area contributed by atoms with Crippen LogP contribution in [-0.2, 0) is 0 Å². The topological polar surface area (TPSA) is 74.6 Å². The summed E-state index contributed by atoms with van der Waals surface area (Å²) in [5.41, 5.74) is -0.248. The van der Waals surface area contributed by atoms with Crippen molar-refractivity contribution in [2.75, 3.05) is 0 Å². The van der Waals surface area contributed by atoms with Gasteiger partial charge in [-0.05, 0) is 0 Å². The van der Waals surface area contributed by atoms with Gasteiger partial charge >= 0.3 is 135 Å². The molecule has 2 rings (SSSR count). The molecule has 114 valence electrons. The first-order valence-corrected chi connectivity index (χ1v) is 11.8. The molecule has 0 aliphatic carbocycles. The Morgan fingerprint density at radius 2 is 1.14 bits per heavy atom. The third-order valence-corrected chi connectivity index (χ3v) is 9.81. The normalized spacial score (nSPS) is 10.5. The molecule has 0 amide bonds. The number of rotatable bonds is 5. The van der Waals surface area contributed by atoms with Gasteiger partial charge in [0.2, 0.25) is 0 Å². The molecule has 4 nitrogen and oxygen atoms in total. The number of carbonyl (C=O) groups is 2. The van der Waals surface area contributed by atoms with Crippen LogP contribution in [-0.4, -0.2) is 48.4 Å². The van der Waals surface area contributed by atoms with Crippen molar-refractivity contribution in [3.63, 3.8) is 0 Å². The van der Waals surface area contributed by atoms with Crippen LogP contribution >= 0.6 is 0 Å². The van der Waals surface area contributed by atoms with Crippen molar-refractivity contribution in [2.45, 2.75) is 0 Å². The third-order valence-electron chi connectivity index (χ3n) is 2.57. The second-order valence-corrected chi connectivity index (χ2v) is 10.2. The van der Waals surface area contributed by atoms with Crippen molar-refractivity contribution in [3.05, 3.63) is 59.2 Å². The Balaban J connectivity index is 2.28. The average molecular weight is 436 g/mol. The fourth-order valence-corrected chi connectivity index (χ4v) is 8.59. The number of hydrogen-bond acceptors (Lipinski definition) is 2. The molecule has 0 heterocycles. The molecule has 0 atom stereocenters. The van der Waals surface area contributed by atoms with Crippen LogP contribution in [0.15, 0.2) is 36.4 Å². The van der Waals surface area contributed by atoms with Crippen LogP contribution in [0.25, 0.3) is 0 Å². The molecular formula is C14H8F2O4Se2. The summed E-state index contributed by atoms with van der Waals surface area (Å²) in [6.45, 7) is 0. The summed E-state index contributed by atoms with van der Waals surface area (Å²) in [4.78, 5) is 22.2. The zero-order valence-electron chi connectivity index (χ0n) is 10.7. The molecule has 2 aromatic rings. The SMILES string of the molecule is O=C(O)c1cc(F)ccc1[Se][Se]c1ccc(F)cc1C(=O)O. The molecule has 0 aromatic heterocycles. The molecule has 0 aliphatic heterocycles. The molecule has 2 aromatic carbocycles. The van der Waals surface area contributed by atoms with Crippen LogP contribution in [0.2, 0.25) is 0 Å². The van der Waals surface area contributed by atoms with E-state index in [-0.39, 0.29) is 37.4 Å². The average Bonchev–Trinajstić information content (AvgIpc) is 2.46. The first-order chi connectivity index (χ1) is 10.4. The molecule has 0 bridgehead atoms. The van der Waals surface area contributed by atoms with Crippen LogP contribution in [0.3, 0.4) is 0 Å². The number of carboxylic acid groups (broad SMARTS) is 2. The Labute approximate surface area is 135 Å². The van der Waals surface area contributed by atoms with Crippen molar-refractivity contribution in [2.24, 2.45) is 0 Å². The van der Waals surface area contributed by atoms with E-state index in [0.717, 1.165) is 12.1 Å². The van der Waals surface area contributed by atoms with Gasteiger partial charge in [0.05, 0.1) is 0 Å². The molecule has 0 saturated heterocycles. The Bertz CT molecular complexity index is 686. The van der Waals surface area contributed by atoms with E-state index in [1.807, 2.05) is 0 Å². The zero-order valence-corrected chi connectivity index (χ0v) is 14.2. The first-order valence-electron chi connectivity index (χ1n) is 5.78. The summed E-state index contributed by atoms with van der Waals surface area (Å²) < 4.78 is 27.2. The van der Waals surface area contributed by atoms with Gasteiger partial charge in [0.1, 0.15) is 0 Å². The van der Waals surface area contributed by atoms with E-state index < -0.39 is 23.6 Å². The van der Waals surface area contributed by atoms with Gasteiger partial charge in [0, 0.05) is 0 Å². The number of halogens is 2. The number of aromatic carboxylic acids is 2. The fourth-order valence-electron chi connectivity index (χ4n) is 1.57. The molecule has 0 unspecified atom stereocenters. The van der Waals surface area contributed by atoms with E-state index in [0.29, 0.717) is 8.92 Å². The van der Waals surface area contributed by atoms with Crippen LogP contribution in [0, 0.1) is 11.6 Å². The Hall–Kier alpha value is -1.72. The third kappa shape index (κ3) is 3.93. The van der Waals surface area contributed by atoms with E-state index in [1.165, 1.54) is 24.3 Å². The molecule has 0 saturated carbocycles. The summed E-state index contributed by atoms with van der Waals surface area (Å²) in [6, 6.07) is 7.01. The van der Waals surface area contributed by atoms with Crippen molar-refractivity contribution in [3.8, 4) is 0 Å². The molecule has 8 heteroatoms. The minimum atomic E-state index is -1.23. The summed E-state index contributed by atoms with van der Waals surface area (Å²) in [7, 11) is 0. The maximum absolute atomic E-state index is 13.1. The van der Waals surface area contributed by atoms with E-state index in [4.69, 9.17) is 10.2 Å². The monoisotopic (exact) mass is 438 g/mol.